The molecule has 11 rings (SSSR count). The van der Waals surface area contributed by atoms with E-state index in [-0.39, 0.29) is 5.92 Å². The highest BCUT2D eigenvalue weighted by molar-refractivity contribution is 6.24. The van der Waals surface area contributed by atoms with Gasteiger partial charge in [-0.2, -0.15) is 0 Å². The summed E-state index contributed by atoms with van der Waals surface area (Å²) in [5, 5.41) is 6.29. The van der Waals surface area contributed by atoms with Crippen LogP contribution in [0.5, 0.6) is 0 Å². The minimum atomic E-state index is 0.289. The highest BCUT2D eigenvalue weighted by Gasteiger charge is 2.23. The molecule has 0 bridgehead atoms. The third kappa shape index (κ3) is 4.85. The Labute approximate surface area is 314 Å². The summed E-state index contributed by atoms with van der Waals surface area (Å²) in [4.78, 5) is 5.46. The molecule has 0 amide bonds. The lowest BCUT2D eigenvalue weighted by Gasteiger charge is -2.18. The van der Waals surface area contributed by atoms with Gasteiger partial charge in [0.15, 0.2) is 0 Å². The van der Waals surface area contributed by atoms with E-state index in [0.29, 0.717) is 0 Å². The van der Waals surface area contributed by atoms with E-state index >= 15 is 0 Å². The zero-order valence-corrected chi connectivity index (χ0v) is 29.9. The molecular formula is C51H37N3. The quantitative estimate of drug-likeness (QED) is 0.176. The van der Waals surface area contributed by atoms with Crippen molar-refractivity contribution in [3.63, 3.8) is 0 Å². The van der Waals surface area contributed by atoms with Crippen molar-refractivity contribution >= 4 is 49.6 Å². The number of fused-ring (bicyclic) bond motifs is 8. The molecule has 0 saturated heterocycles. The van der Waals surface area contributed by atoms with Crippen LogP contribution in [0.25, 0.3) is 83.4 Å². The molecule has 3 nitrogen and oxygen atoms in total. The van der Waals surface area contributed by atoms with Crippen LogP contribution in [0.3, 0.4) is 0 Å². The maximum atomic E-state index is 5.46. The van der Waals surface area contributed by atoms with Crippen LogP contribution < -0.4 is 0 Å². The van der Waals surface area contributed by atoms with Gasteiger partial charge in [0.25, 0.3) is 0 Å². The first-order valence-electron chi connectivity index (χ1n) is 19.1. The summed E-state index contributed by atoms with van der Waals surface area (Å²) < 4.78 is 4.90. The Kier molecular flexibility index (Phi) is 7.12. The molecule has 9 aromatic rings. The number of para-hydroxylation sites is 2. The fourth-order valence-electron chi connectivity index (χ4n) is 9.02. The van der Waals surface area contributed by atoms with E-state index in [1.54, 1.807) is 0 Å². The zero-order chi connectivity index (χ0) is 35.6. The lowest BCUT2D eigenvalue weighted by atomic mass is 9.92. The molecule has 256 valence electrons. The predicted octanol–water partition coefficient (Wildman–Crippen LogP) is 13.2. The molecule has 0 N–H and O–H groups in total. The highest BCUT2D eigenvalue weighted by atomic mass is 15.1. The molecule has 0 saturated carbocycles. The summed E-state index contributed by atoms with van der Waals surface area (Å²) in [6.07, 6.45) is 16.6. The highest BCUT2D eigenvalue weighted by Crippen LogP contribution is 2.43. The second-order valence-corrected chi connectivity index (χ2v) is 14.6. The molecule has 6 aromatic carbocycles. The number of benzene rings is 6. The molecule has 0 spiro atoms. The summed E-state index contributed by atoms with van der Waals surface area (Å²) in [6.45, 7) is 0. The second-order valence-electron chi connectivity index (χ2n) is 14.6. The number of allylic oxidation sites excluding steroid dienone is 5. The molecule has 2 aliphatic carbocycles. The van der Waals surface area contributed by atoms with Crippen molar-refractivity contribution in [3.8, 4) is 33.9 Å². The average molecular weight is 692 g/mol. The summed E-state index contributed by atoms with van der Waals surface area (Å²) >= 11 is 0. The van der Waals surface area contributed by atoms with Crippen molar-refractivity contribution in [2.24, 2.45) is 0 Å². The minimum Gasteiger partial charge on any atom is -0.313 e. The van der Waals surface area contributed by atoms with Crippen LogP contribution in [0.15, 0.2) is 176 Å². The van der Waals surface area contributed by atoms with Crippen molar-refractivity contribution in [1.82, 2.24) is 14.1 Å². The summed E-state index contributed by atoms with van der Waals surface area (Å²) in [6, 6.07) is 53.4. The van der Waals surface area contributed by atoms with Crippen LogP contribution in [0.2, 0.25) is 0 Å². The maximum Gasteiger partial charge on any atom is 0.138 e. The summed E-state index contributed by atoms with van der Waals surface area (Å²) in [5.74, 6) is 1.23. The molecule has 0 fully saturated rings. The van der Waals surface area contributed by atoms with Crippen LogP contribution in [0, 0.1) is 0 Å². The second kappa shape index (κ2) is 12.5. The van der Waals surface area contributed by atoms with Crippen molar-refractivity contribution in [1.29, 1.82) is 0 Å². The van der Waals surface area contributed by atoms with E-state index in [0.717, 1.165) is 47.4 Å². The first-order valence-corrected chi connectivity index (χ1v) is 19.1. The first-order chi connectivity index (χ1) is 26.8. The third-order valence-corrected chi connectivity index (χ3v) is 11.5. The molecule has 3 aromatic heterocycles. The van der Waals surface area contributed by atoms with Crippen molar-refractivity contribution in [2.75, 3.05) is 0 Å². The topological polar surface area (TPSA) is 22.8 Å². The van der Waals surface area contributed by atoms with Gasteiger partial charge in [0.2, 0.25) is 0 Å². The SMILES string of the molecule is C1=CCC(c2cc(-c3ccccc3)nc(-n3c4ccccc4c4c5ccccc5c(-c5ccc6c7c(n(-c8ccccc8)c6c5)CCC=C7)cc43)c2)C=C1. The van der Waals surface area contributed by atoms with Crippen LogP contribution in [0.4, 0.5) is 0 Å². The minimum absolute atomic E-state index is 0.289. The van der Waals surface area contributed by atoms with Gasteiger partial charge in [-0.3, -0.25) is 4.57 Å². The molecule has 0 radical (unpaired) electrons. The summed E-state index contributed by atoms with van der Waals surface area (Å²) in [5.41, 5.74) is 13.3. The molecule has 1 atom stereocenters. The average Bonchev–Trinajstić information content (AvgIpc) is 3.77. The normalized spacial score (nSPS) is 15.1. The summed E-state index contributed by atoms with van der Waals surface area (Å²) in [7, 11) is 0. The van der Waals surface area contributed by atoms with E-state index in [1.165, 1.54) is 66.1 Å². The van der Waals surface area contributed by atoms with Gasteiger partial charge in [0, 0.05) is 44.6 Å². The van der Waals surface area contributed by atoms with Crippen LogP contribution in [-0.4, -0.2) is 14.1 Å². The lowest BCUT2D eigenvalue weighted by Crippen LogP contribution is -2.04. The zero-order valence-electron chi connectivity index (χ0n) is 29.9. The Morgan fingerprint density at radius 2 is 1.33 bits per heavy atom. The number of pyridine rings is 1. The molecule has 3 heteroatoms. The van der Waals surface area contributed by atoms with Gasteiger partial charge in [-0.25, -0.2) is 4.98 Å². The number of nitrogens with zero attached hydrogens (tertiary/aromatic N) is 3. The lowest BCUT2D eigenvalue weighted by molar-refractivity contribution is 0.848. The van der Waals surface area contributed by atoms with Crippen LogP contribution >= 0.6 is 0 Å². The standard InChI is InChI=1S/C51H37N3/c1-4-16-34(17-5-1)37-30-45(35-18-6-2-7-19-35)52-50(32-37)54-47-27-15-13-25-43(47)51-42-24-11-10-22-39(42)44(33-49(51)54)36-28-29-41-40-23-12-14-26-46(40)53(48(41)31-36)38-20-8-3-9-21-38/h1-13,15-16,18-25,27-34H,14,17,26H2. The fraction of sp³-hybridized carbons (Fsp3) is 0.0784. The van der Waals surface area contributed by atoms with E-state index in [9.17, 15) is 0 Å². The van der Waals surface area contributed by atoms with E-state index in [2.05, 4.69) is 191 Å². The molecular weight excluding hydrogens is 655 g/mol. The maximum absolute atomic E-state index is 5.46. The smallest absolute Gasteiger partial charge is 0.138 e. The number of rotatable bonds is 5. The van der Waals surface area contributed by atoms with Gasteiger partial charge in [-0.15, -0.1) is 0 Å². The Bertz CT molecular complexity index is 3010. The van der Waals surface area contributed by atoms with Crippen molar-refractivity contribution in [2.45, 2.75) is 25.2 Å². The molecule has 1 unspecified atom stereocenters. The fourth-order valence-corrected chi connectivity index (χ4v) is 9.02. The van der Waals surface area contributed by atoms with Gasteiger partial charge >= 0.3 is 0 Å². The molecule has 3 heterocycles. The monoisotopic (exact) mass is 691 g/mol. The van der Waals surface area contributed by atoms with Crippen LogP contribution in [-0.2, 0) is 6.42 Å². The van der Waals surface area contributed by atoms with Crippen molar-refractivity contribution < 1.29 is 0 Å². The molecule has 54 heavy (non-hydrogen) atoms. The van der Waals surface area contributed by atoms with Crippen molar-refractivity contribution in [3.05, 3.63) is 193 Å². The Balaban J connectivity index is 1.21. The Hall–Kier alpha value is -6.71. The molecule has 0 aliphatic heterocycles. The van der Waals surface area contributed by atoms with Gasteiger partial charge in [-0.05, 0) is 89.2 Å². The van der Waals surface area contributed by atoms with Gasteiger partial charge in [-0.1, -0.05) is 140 Å². The predicted molar refractivity (Wildman–Crippen MR) is 227 cm³/mol. The third-order valence-electron chi connectivity index (χ3n) is 11.5. The Morgan fingerprint density at radius 3 is 2.17 bits per heavy atom. The van der Waals surface area contributed by atoms with Gasteiger partial charge in [0.05, 0.1) is 22.2 Å². The first kappa shape index (κ1) is 30.9. The van der Waals surface area contributed by atoms with E-state index < -0.39 is 0 Å². The van der Waals surface area contributed by atoms with Crippen LogP contribution in [0.1, 0.15) is 35.6 Å². The number of hydrogen-bond acceptors (Lipinski definition) is 1. The number of aromatic nitrogens is 3. The molecule has 2 aliphatic rings. The number of hydrogen-bond donors (Lipinski definition) is 0. The van der Waals surface area contributed by atoms with E-state index in [4.69, 9.17) is 4.98 Å². The van der Waals surface area contributed by atoms with Gasteiger partial charge in [0.1, 0.15) is 5.82 Å². The largest absolute Gasteiger partial charge is 0.313 e. The van der Waals surface area contributed by atoms with E-state index in [1.807, 2.05) is 0 Å². The Morgan fingerprint density at radius 1 is 0.556 bits per heavy atom. The van der Waals surface area contributed by atoms with Gasteiger partial charge < -0.3 is 4.57 Å².